The number of methoxy groups -OCH3 is 1. The van der Waals surface area contributed by atoms with Crippen molar-refractivity contribution >= 4 is 0 Å². The van der Waals surface area contributed by atoms with Gasteiger partial charge in [0.25, 0.3) is 0 Å². The van der Waals surface area contributed by atoms with Crippen LogP contribution in [0.3, 0.4) is 0 Å². The lowest BCUT2D eigenvalue weighted by molar-refractivity contribution is 0.199. The molecular formula is C26H30FNO2. The van der Waals surface area contributed by atoms with E-state index in [9.17, 15) is 4.39 Å². The van der Waals surface area contributed by atoms with Crippen molar-refractivity contribution in [2.75, 3.05) is 13.7 Å². The van der Waals surface area contributed by atoms with Gasteiger partial charge in [0, 0.05) is 6.42 Å². The van der Waals surface area contributed by atoms with E-state index in [-0.39, 0.29) is 11.7 Å². The van der Waals surface area contributed by atoms with Crippen molar-refractivity contribution < 1.29 is 13.9 Å². The van der Waals surface area contributed by atoms with Crippen LogP contribution in [0.15, 0.2) is 42.5 Å². The van der Waals surface area contributed by atoms with Crippen LogP contribution in [-0.2, 0) is 0 Å². The number of hydrogen-bond donors (Lipinski definition) is 0. The third-order valence-electron chi connectivity index (χ3n) is 6.76. The number of halogens is 1. The Morgan fingerprint density at radius 3 is 2.53 bits per heavy atom. The molecule has 3 nitrogen and oxygen atoms in total. The highest BCUT2D eigenvalue weighted by Crippen LogP contribution is 2.45. The van der Waals surface area contributed by atoms with Crippen LogP contribution in [0, 0.1) is 29.0 Å². The highest BCUT2D eigenvalue weighted by molar-refractivity contribution is 5.33. The molecule has 0 radical (unpaired) electrons. The third kappa shape index (κ3) is 4.95. The molecule has 2 aromatic carbocycles. The monoisotopic (exact) mass is 407 g/mol. The molecule has 4 rings (SSSR count). The molecule has 158 valence electrons. The Hall–Kier alpha value is -2.54. The van der Waals surface area contributed by atoms with Crippen LogP contribution in [0.25, 0.3) is 0 Å². The van der Waals surface area contributed by atoms with Crippen LogP contribution >= 0.6 is 0 Å². The number of ether oxygens (including phenoxy) is 2. The van der Waals surface area contributed by atoms with Gasteiger partial charge in [0.2, 0.25) is 0 Å². The summed E-state index contributed by atoms with van der Waals surface area (Å²) in [5.74, 6) is 3.24. The second-order valence-corrected chi connectivity index (χ2v) is 8.79. The fourth-order valence-electron chi connectivity index (χ4n) is 4.80. The molecule has 30 heavy (non-hydrogen) atoms. The minimum absolute atomic E-state index is 0.130. The normalized spacial score (nSPS) is 22.2. The van der Waals surface area contributed by atoms with E-state index in [0.29, 0.717) is 30.8 Å². The van der Waals surface area contributed by atoms with Crippen molar-refractivity contribution in [2.24, 2.45) is 11.8 Å². The van der Waals surface area contributed by atoms with E-state index in [1.165, 1.54) is 24.5 Å². The first-order chi connectivity index (χ1) is 14.7. The van der Waals surface area contributed by atoms with Gasteiger partial charge in [0.05, 0.1) is 19.8 Å². The van der Waals surface area contributed by atoms with Gasteiger partial charge in [-0.25, -0.2) is 4.39 Å². The zero-order valence-electron chi connectivity index (χ0n) is 17.6. The van der Waals surface area contributed by atoms with Crippen LogP contribution in [0.5, 0.6) is 11.5 Å². The molecule has 0 aromatic heterocycles. The summed E-state index contributed by atoms with van der Waals surface area (Å²) in [6, 6.07) is 15.7. The average molecular weight is 408 g/mol. The molecule has 0 aliphatic heterocycles. The first-order valence-corrected chi connectivity index (χ1v) is 11.1. The molecule has 2 aromatic rings. The van der Waals surface area contributed by atoms with Gasteiger partial charge in [-0.05, 0) is 104 Å². The maximum Gasteiger partial charge on any atom is 0.126 e. The van der Waals surface area contributed by atoms with Crippen LogP contribution in [-0.4, -0.2) is 13.7 Å². The maximum absolute atomic E-state index is 14.3. The van der Waals surface area contributed by atoms with Gasteiger partial charge in [-0.15, -0.1) is 0 Å². The Morgan fingerprint density at radius 1 is 1.03 bits per heavy atom. The van der Waals surface area contributed by atoms with E-state index in [1.54, 1.807) is 13.2 Å². The lowest BCUT2D eigenvalue weighted by atomic mass is 9.79. The van der Waals surface area contributed by atoms with Gasteiger partial charge in [-0.2, -0.15) is 5.26 Å². The fraction of sp³-hybridized carbons (Fsp3) is 0.500. The predicted molar refractivity (Wildman–Crippen MR) is 115 cm³/mol. The molecule has 0 unspecified atom stereocenters. The highest BCUT2D eigenvalue weighted by Gasteiger charge is 2.32. The van der Waals surface area contributed by atoms with Crippen molar-refractivity contribution in [2.45, 2.75) is 56.8 Å². The van der Waals surface area contributed by atoms with Gasteiger partial charge in [-0.1, -0.05) is 12.1 Å². The van der Waals surface area contributed by atoms with Gasteiger partial charge in [0.15, 0.2) is 0 Å². The smallest absolute Gasteiger partial charge is 0.126 e. The molecule has 0 amide bonds. The molecule has 0 N–H and O–H groups in total. The number of nitrogens with zero attached hydrogens (tertiary/aromatic N) is 1. The number of hydrogen-bond acceptors (Lipinski definition) is 3. The SMILES string of the molecule is COc1ccc(F)c(C2CCC(COc3cccc([C@@H](CC#N)C4CC4)c3)CC2)c1. The van der Waals surface area contributed by atoms with E-state index in [4.69, 9.17) is 14.7 Å². The van der Waals surface area contributed by atoms with Gasteiger partial charge < -0.3 is 9.47 Å². The second kappa shape index (κ2) is 9.51. The summed E-state index contributed by atoms with van der Waals surface area (Å²) in [5, 5.41) is 9.16. The first-order valence-electron chi connectivity index (χ1n) is 11.1. The number of rotatable bonds is 8. The molecular weight excluding hydrogens is 377 g/mol. The predicted octanol–water partition coefficient (Wildman–Crippen LogP) is 6.59. The quantitative estimate of drug-likeness (QED) is 0.495. The summed E-state index contributed by atoms with van der Waals surface area (Å²) in [7, 11) is 1.62. The Bertz CT molecular complexity index is 894. The molecule has 2 aliphatic carbocycles. The van der Waals surface area contributed by atoms with E-state index >= 15 is 0 Å². The summed E-state index contributed by atoms with van der Waals surface area (Å²) in [6.45, 7) is 0.698. The minimum Gasteiger partial charge on any atom is -0.497 e. The van der Waals surface area contributed by atoms with E-state index in [1.807, 2.05) is 18.2 Å². The molecule has 0 heterocycles. The van der Waals surface area contributed by atoms with Gasteiger partial charge in [-0.3, -0.25) is 0 Å². The summed E-state index contributed by atoms with van der Waals surface area (Å²) in [4.78, 5) is 0. The van der Waals surface area contributed by atoms with E-state index < -0.39 is 0 Å². The van der Waals surface area contributed by atoms with Crippen LogP contribution in [0.2, 0.25) is 0 Å². The fourth-order valence-corrected chi connectivity index (χ4v) is 4.80. The Balaban J connectivity index is 1.31. The van der Waals surface area contributed by atoms with Crippen molar-refractivity contribution in [1.82, 2.24) is 0 Å². The van der Waals surface area contributed by atoms with Crippen LogP contribution in [0.4, 0.5) is 4.39 Å². The Morgan fingerprint density at radius 2 is 1.83 bits per heavy atom. The Labute approximate surface area is 178 Å². The highest BCUT2D eigenvalue weighted by atomic mass is 19.1. The molecule has 2 saturated carbocycles. The molecule has 2 fully saturated rings. The first kappa shape index (κ1) is 20.7. The largest absolute Gasteiger partial charge is 0.497 e. The van der Waals surface area contributed by atoms with Gasteiger partial charge in [0.1, 0.15) is 17.3 Å². The van der Waals surface area contributed by atoms with E-state index in [0.717, 1.165) is 42.7 Å². The number of nitriles is 1. The maximum atomic E-state index is 14.3. The molecule has 2 aliphatic rings. The third-order valence-corrected chi connectivity index (χ3v) is 6.76. The lowest BCUT2D eigenvalue weighted by Crippen LogP contribution is -2.20. The zero-order chi connectivity index (χ0) is 20.9. The molecule has 0 saturated heterocycles. The van der Waals surface area contributed by atoms with Crippen LogP contribution < -0.4 is 9.47 Å². The molecule has 0 bridgehead atoms. The van der Waals surface area contributed by atoms with E-state index in [2.05, 4.69) is 18.2 Å². The minimum atomic E-state index is -0.130. The summed E-state index contributed by atoms with van der Waals surface area (Å²) in [6.07, 6.45) is 7.08. The lowest BCUT2D eigenvalue weighted by Gasteiger charge is -2.29. The summed E-state index contributed by atoms with van der Waals surface area (Å²) < 4.78 is 25.7. The number of benzene rings is 2. The second-order valence-electron chi connectivity index (χ2n) is 8.79. The zero-order valence-corrected chi connectivity index (χ0v) is 17.6. The molecule has 0 spiro atoms. The standard InChI is InChI=1S/C26H30FNO2/c1-29-22-11-12-26(27)25(16-22)20-7-5-18(6-8-20)17-30-23-4-2-3-21(15-23)24(13-14-28)19-9-10-19/h2-4,11-12,15-16,18-20,24H,5-10,13,17H2,1H3/t18?,20?,24-/m0/s1. The van der Waals surface area contributed by atoms with Gasteiger partial charge >= 0.3 is 0 Å². The molecule has 4 heteroatoms. The van der Waals surface area contributed by atoms with Crippen molar-refractivity contribution in [3.05, 3.63) is 59.4 Å². The summed E-state index contributed by atoms with van der Waals surface area (Å²) >= 11 is 0. The van der Waals surface area contributed by atoms with Crippen molar-refractivity contribution in [3.8, 4) is 17.6 Å². The Kier molecular flexibility index (Phi) is 6.57. The summed E-state index contributed by atoms with van der Waals surface area (Å²) in [5.41, 5.74) is 2.01. The van der Waals surface area contributed by atoms with Crippen molar-refractivity contribution in [1.29, 1.82) is 5.26 Å². The van der Waals surface area contributed by atoms with Crippen LogP contribution in [0.1, 0.15) is 67.9 Å². The average Bonchev–Trinajstić information content (AvgIpc) is 3.62. The molecule has 1 atom stereocenters. The van der Waals surface area contributed by atoms with Crippen molar-refractivity contribution in [3.63, 3.8) is 0 Å². The topological polar surface area (TPSA) is 42.2 Å².